The summed E-state index contributed by atoms with van der Waals surface area (Å²) in [6.45, 7) is 7.55. The number of ether oxygens (including phenoxy) is 2. The highest BCUT2D eigenvalue weighted by molar-refractivity contribution is 5.92. The highest BCUT2D eigenvalue weighted by Crippen LogP contribution is 2.13. The minimum absolute atomic E-state index is 0.338. The molecule has 0 spiro atoms. The number of hydrogen-bond donors (Lipinski definition) is 3. The molecule has 0 aliphatic rings. The first-order valence-corrected chi connectivity index (χ1v) is 8.52. The zero-order valence-corrected chi connectivity index (χ0v) is 16.5. The number of carbonyl (C=O) groups is 3. The zero-order valence-electron chi connectivity index (χ0n) is 16.5. The summed E-state index contributed by atoms with van der Waals surface area (Å²) in [6.07, 6.45) is -0.798. The molecule has 0 aliphatic heterocycles. The lowest BCUT2D eigenvalue weighted by atomic mass is 10.0. The van der Waals surface area contributed by atoms with Gasteiger partial charge in [-0.25, -0.2) is 9.59 Å². The number of amides is 2. The highest BCUT2D eigenvalue weighted by atomic mass is 16.6. The summed E-state index contributed by atoms with van der Waals surface area (Å²) in [6, 6.07) is 6.71. The van der Waals surface area contributed by atoms with Crippen LogP contribution in [0.5, 0.6) is 5.75 Å². The third kappa shape index (κ3) is 7.53. The molecule has 0 radical (unpaired) electrons. The molecule has 0 fully saturated rings. The van der Waals surface area contributed by atoms with Crippen LogP contribution in [0.15, 0.2) is 24.3 Å². The molecular weight excluding hydrogens is 366 g/mol. The molecule has 3 N–H and O–H groups in total. The molecule has 9 heteroatoms. The number of nitrogens with zero attached hydrogens (tertiary/aromatic N) is 1. The van der Waals surface area contributed by atoms with Crippen molar-refractivity contribution in [1.82, 2.24) is 10.6 Å². The van der Waals surface area contributed by atoms with Gasteiger partial charge in [0.2, 0.25) is 5.91 Å². The molecule has 0 bridgehead atoms. The Hall–Kier alpha value is -3.28. The van der Waals surface area contributed by atoms with Gasteiger partial charge in [0.15, 0.2) is 6.04 Å². The Balaban J connectivity index is 2.70. The van der Waals surface area contributed by atoms with Gasteiger partial charge in [-0.2, -0.15) is 5.26 Å². The van der Waals surface area contributed by atoms with E-state index >= 15 is 0 Å². The number of rotatable bonds is 7. The van der Waals surface area contributed by atoms with Crippen molar-refractivity contribution < 1.29 is 29.0 Å². The van der Waals surface area contributed by atoms with Crippen LogP contribution in [0.2, 0.25) is 0 Å². The van der Waals surface area contributed by atoms with E-state index in [1.54, 1.807) is 20.8 Å². The summed E-state index contributed by atoms with van der Waals surface area (Å²) >= 11 is 0. The van der Waals surface area contributed by atoms with E-state index < -0.39 is 35.2 Å². The van der Waals surface area contributed by atoms with Crippen molar-refractivity contribution in [2.24, 2.45) is 0 Å². The van der Waals surface area contributed by atoms with E-state index in [0.717, 1.165) is 0 Å². The lowest BCUT2D eigenvalue weighted by Gasteiger charge is -2.28. The summed E-state index contributed by atoms with van der Waals surface area (Å²) < 4.78 is 10.5. The summed E-state index contributed by atoms with van der Waals surface area (Å²) in [7, 11) is 0. The van der Waals surface area contributed by atoms with Crippen LogP contribution >= 0.6 is 0 Å². The topological polar surface area (TPSA) is 138 Å². The van der Waals surface area contributed by atoms with Crippen LogP contribution in [0.1, 0.15) is 40.2 Å². The molecule has 1 aromatic rings. The van der Waals surface area contributed by atoms with Gasteiger partial charge in [-0.1, -0.05) is 0 Å². The number of nitrogens with one attached hydrogen (secondary N) is 2. The summed E-state index contributed by atoms with van der Waals surface area (Å²) in [4.78, 5) is 35.8. The van der Waals surface area contributed by atoms with Gasteiger partial charge in [-0.15, -0.1) is 0 Å². The molecular formula is C19H25N3O6. The average molecular weight is 391 g/mol. The molecule has 152 valence electrons. The van der Waals surface area contributed by atoms with Crippen LogP contribution in [-0.2, 0) is 14.3 Å². The van der Waals surface area contributed by atoms with Gasteiger partial charge in [0, 0.05) is 0 Å². The molecule has 1 aromatic carbocycles. The van der Waals surface area contributed by atoms with Gasteiger partial charge >= 0.3 is 12.1 Å². The highest BCUT2D eigenvalue weighted by Gasteiger charge is 2.34. The third-order valence-electron chi connectivity index (χ3n) is 3.38. The Labute approximate surface area is 163 Å². The fourth-order valence-electron chi connectivity index (χ4n) is 1.93. The first kappa shape index (κ1) is 22.8. The number of alkyl carbamates (subject to hydrolysis) is 1. The standard InChI is InChI=1S/C19H25N3O6/c1-18(2,3)28-17(26)22-19(4,5)16(25)21-14(15(23)24)11-27-13-8-6-12(10-20)7-9-13/h6-9,14H,11H2,1-5H3,(H,21,25)(H,22,26)(H,23,24). The molecule has 1 rings (SSSR count). The Kier molecular flexibility index (Phi) is 7.38. The lowest BCUT2D eigenvalue weighted by Crippen LogP contribution is -2.59. The van der Waals surface area contributed by atoms with E-state index in [4.69, 9.17) is 14.7 Å². The fourth-order valence-corrected chi connectivity index (χ4v) is 1.93. The molecule has 28 heavy (non-hydrogen) atoms. The minimum Gasteiger partial charge on any atom is -0.491 e. The molecule has 0 heterocycles. The quantitative estimate of drug-likeness (QED) is 0.644. The summed E-state index contributed by atoms with van der Waals surface area (Å²) in [5.41, 5.74) is -1.72. The van der Waals surface area contributed by atoms with Crippen molar-refractivity contribution in [1.29, 1.82) is 5.26 Å². The second kappa shape index (κ2) is 9.08. The van der Waals surface area contributed by atoms with Crippen molar-refractivity contribution in [3.63, 3.8) is 0 Å². The largest absolute Gasteiger partial charge is 0.491 e. The molecule has 1 atom stereocenters. The van der Waals surface area contributed by atoms with Crippen LogP contribution < -0.4 is 15.4 Å². The van der Waals surface area contributed by atoms with Gasteiger partial charge in [0.1, 0.15) is 23.5 Å². The maximum absolute atomic E-state index is 12.4. The van der Waals surface area contributed by atoms with E-state index in [-0.39, 0.29) is 6.61 Å². The van der Waals surface area contributed by atoms with Gasteiger partial charge in [-0.3, -0.25) is 4.79 Å². The molecule has 0 saturated heterocycles. The molecule has 0 aromatic heterocycles. The predicted octanol–water partition coefficient (Wildman–Crippen LogP) is 1.81. The van der Waals surface area contributed by atoms with Crippen molar-refractivity contribution in [3.05, 3.63) is 29.8 Å². The molecule has 2 amide bonds. The Bertz CT molecular complexity index is 759. The van der Waals surface area contributed by atoms with Crippen LogP contribution in [-0.4, -0.2) is 46.9 Å². The first-order chi connectivity index (χ1) is 12.8. The molecule has 0 saturated carbocycles. The second-order valence-corrected chi connectivity index (χ2v) is 7.56. The van der Waals surface area contributed by atoms with E-state index in [1.165, 1.54) is 38.1 Å². The summed E-state index contributed by atoms with van der Waals surface area (Å²) in [5, 5.41) is 22.8. The number of carbonyl (C=O) groups excluding carboxylic acids is 2. The average Bonchev–Trinajstić information content (AvgIpc) is 2.56. The number of benzene rings is 1. The van der Waals surface area contributed by atoms with E-state index in [9.17, 15) is 19.5 Å². The zero-order chi connectivity index (χ0) is 21.5. The van der Waals surface area contributed by atoms with Gasteiger partial charge in [-0.05, 0) is 58.9 Å². The number of carboxylic acid groups (broad SMARTS) is 1. The maximum Gasteiger partial charge on any atom is 0.408 e. The number of nitriles is 1. The summed E-state index contributed by atoms with van der Waals surface area (Å²) in [5.74, 6) is -1.66. The van der Waals surface area contributed by atoms with Gasteiger partial charge in [0.05, 0.1) is 11.6 Å². The first-order valence-electron chi connectivity index (χ1n) is 8.52. The number of carboxylic acids is 1. The van der Waals surface area contributed by atoms with Crippen LogP contribution in [0.4, 0.5) is 4.79 Å². The number of hydrogen-bond acceptors (Lipinski definition) is 6. The van der Waals surface area contributed by atoms with E-state index in [2.05, 4.69) is 10.6 Å². The monoisotopic (exact) mass is 391 g/mol. The van der Waals surface area contributed by atoms with Crippen molar-refractivity contribution >= 4 is 18.0 Å². The predicted molar refractivity (Wildman–Crippen MR) is 99.7 cm³/mol. The Morgan fingerprint density at radius 3 is 2.18 bits per heavy atom. The van der Waals surface area contributed by atoms with Crippen LogP contribution in [0.25, 0.3) is 0 Å². The fraction of sp³-hybridized carbons (Fsp3) is 0.474. The molecule has 9 nitrogen and oxygen atoms in total. The minimum atomic E-state index is -1.41. The van der Waals surface area contributed by atoms with E-state index in [0.29, 0.717) is 11.3 Å². The van der Waals surface area contributed by atoms with Gasteiger partial charge < -0.3 is 25.2 Å². The number of aliphatic carboxylic acids is 1. The van der Waals surface area contributed by atoms with Crippen molar-refractivity contribution in [2.75, 3.05) is 6.61 Å². The van der Waals surface area contributed by atoms with Crippen LogP contribution in [0, 0.1) is 11.3 Å². The maximum atomic E-state index is 12.4. The Morgan fingerprint density at radius 1 is 1.14 bits per heavy atom. The smallest absolute Gasteiger partial charge is 0.408 e. The van der Waals surface area contributed by atoms with Crippen molar-refractivity contribution in [3.8, 4) is 11.8 Å². The second-order valence-electron chi connectivity index (χ2n) is 7.56. The third-order valence-corrected chi connectivity index (χ3v) is 3.38. The molecule has 1 unspecified atom stereocenters. The van der Waals surface area contributed by atoms with Crippen molar-refractivity contribution in [2.45, 2.75) is 51.8 Å². The normalized spacial score (nSPS) is 12.3. The van der Waals surface area contributed by atoms with Gasteiger partial charge in [0.25, 0.3) is 0 Å². The lowest BCUT2D eigenvalue weighted by molar-refractivity contribution is -0.143. The molecule has 0 aliphatic carbocycles. The van der Waals surface area contributed by atoms with Crippen LogP contribution in [0.3, 0.4) is 0 Å². The SMILES string of the molecule is CC(C)(C)OC(=O)NC(C)(C)C(=O)NC(COc1ccc(C#N)cc1)C(=O)O. The Morgan fingerprint density at radius 2 is 1.71 bits per heavy atom. The van der Waals surface area contributed by atoms with E-state index in [1.807, 2.05) is 6.07 Å².